The highest BCUT2D eigenvalue weighted by Gasteiger charge is 2.31. The van der Waals surface area contributed by atoms with Crippen LogP contribution in [0.25, 0.3) is 0 Å². The Morgan fingerprint density at radius 2 is 1.72 bits per heavy atom. The molecule has 0 bridgehead atoms. The van der Waals surface area contributed by atoms with Gasteiger partial charge >= 0.3 is 6.36 Å². The number of halogens is 3. The van der Waals surface area contributed by atoms with Gasteiger partial charge in [-0.15, -0.1) is 13.2 Å². The van der Waals surface area contributed by atoms with Gasteiger partial charge in [-0.3, -0.25) is 9.59 Å². The Kier molecular flexibility index (Phi) is 7.77. The monoisotopic (exact) mass is 448 g/mol. The minimum absolute atomic E-state index is 0.0611. The summed E-state index contributed by atoms with van der Waals surface area (Å²) in [6.45, 7) is 3.55. The fraction of sp³-hybridized carbons (Fsp3) is 0.417. The molecule has 2 aromatic carbocycles. The van der Waals surface area contributed by atoms with Gasteiger partial charge in [-0.2, -0.15) is 0 Å². The van der Waals surface area contributed by atoms with Gasteiger partial charge in [-0.05, 0) is 61.4 Å². The van der Waals surface area contributed by atoms with Gasteiger partial charge in [0.2, 0.25) is 5.91 Å². The van der Waals surface area contributed by atoms with E-state index >= 15 is 0 Å². The number of nitrogens with zero attached hydrogens (tertiary/aromatic N) is 1. The molecule has 0 spiro atoms. The third-order valence-electron chi connectivity index (χ3n) is 5.70. The molecule has 8 heteroatoms. The van der Waals surface area contributed by atoms with Crippen molar-refractivity contribution in [2.75, 3.05) is 13.1 Å². The lowest BCUT2D eigenvalue weighted by atomic mass is 9.91. The van der Waals surface area contributed by atoms with Gasteiger partial charge in [-0.25, -0.2) is 0 Å². The van der Waals surface area contributed by atoms with E-state index in [9.17, 15) is 22.8 Å². The summed E-state index contributed by atoms with van der Waals surface area (Å²) in [5, 5.41) is 2.79. The number of carbonyl (C=O) groups is 2. The number of aryl methyl sites for hydroxylation is 1. The quantitative estimate of drug-likeness (QED) is 0.659. The van der Waals surface area contributed by atoms with Crippen LogP contribution in [0.1, 0.15) is 47.2 Å². The third-order valence-corrected chi connectivity index (χ3v) is 5.70. The molecule has 5 nitrogen and oxygen atoms in total. The molecule has 0 aromatic heterocycles. The van der Waals surface area contributed by atoms with E-state index in [-0.39, 0.29) is 24.1 Å². The summed E-state index contributed by atoms with van der Waals surface area (Å²) in [5.74, 6) is 0.0604. The van der Waals surface area contributed by atoms with Gasteiger partial charge in [0.1, 0.15) is 5.75 Å². The summed E-state index contributed by atoms with van der Waals surface area (Å²) in [6.07, 6.45) is -1.86. The van der Waals surface area contributed by atoms with Crippen molar-refractivity contribution in [3.05, 3.63) is 65.2 Å². The summed E-state index contributed by atoms with van der Waals surface area (Å²) in [6, 6.07) is 13.0. The zero-order valence-electron chi connectivity index (χ0n) is 18.0. The van der Waals surface area contributed by atoms with E-state index in [2.05, 4.69) is 10.1 Å². The Morgan fingerprint density at radius 1 is 1.06 bits per heavy atom. The van der Waals surface area contributed by atoms with Crippen molar-refractivity contribution in [1.29, 1.82) is 0 Å². The minimum Gasteiger partial charge on any atom is -0.406 e. The molecule has 172 valence electrons. The molecular formula is C24H27F3N2O3. The van der Waals surface area contributed by atoms with Crippen LogP contribution in [-0.4, -0.2) is 36.2 Å². The van der Waals surface area contributed by atoms with Crippen LogP contribution in [-0.2, 0) is 11.3 Å². The van der Waals surface area contributed by atoms with E-state index in [0.29, 0.717) is 31.0 Å². The molecule has 1 aliphatic heterocycles. The van der Waals surface area contributed by atoms with Crippen molar-refractivity contribution in [3.8, 4) is 5.75 Å². The number of ether oxygens (including phenoxy) is 1. The van der Waals surface area contributed by atoms with E-state index in [1.165, 1.54) is 24.3 Å². The fourth-order valence-electron chi connectivity index (χ4n) is 3.84. The summed E-state index contributed by atoms with van der Waals surface area (Å²) >= 11 is 0. The van der Waals surface area contributed by atoms with Crippen LogP contribution in [0, 0.1) is 12.8 Å². The Bertz CT molecular complexity index is 921. The Morgan fingerprint density at radius 3 is 2.34 bits per heavy atom. The highest BCUT2D eigenvalue weighted by atomic mass is 19.4. The SMILES string of the molecule is Cc1ccccc1C(=O)N1CCC(CCC(=O)NCc2ccc(OC(F)(F)F)cc2)CC1. The topological polar surface area (TPSA) is 58.6 Å². The molecule has 2 amide bonds. The summed E-state index contributed by atoms with van der Waals surface area (Å²) in [5.41, 5.74) is 2.40. The molecule has 32 heavy (non-hydrogen) atoms. The van der Waals surface area contributed by atoms with Gasteiger partial charge in [-0.1, -0.05) is 30.3 Å². The number of rotatable bonds is 7. The van der Waals surface area contributed by atoms with Crippen LogP contribution in [0.4, 0.5) is 13.2 Å². The number of hydrogen-bond donors (Lipinski definition) is 1. The average Bonchev–Trinajstić information content (AvgIpc) is 2.76. The average molecular weight is 448 g/mol. The van der Waals surface area contributed by atoms with Crippen molar-refractivity contribution in [3.63, 3.8) is 0 Å². The van der Waals surface area contributed by atoms with Gasteiger partial charge in [0, 0.05) is 31.6 Å². The molecule has 0 atom stereocenters. The second-order valence-electron chi connectivity index (χ2n) is 8.06. The molecule has 0 unspecified atom stereocenters. The second kappa shape index (κ2) is 10.5. The Labute approximate surface area is 185 Å². The molecular weight excluding hydrogens is 421 g/mol. The first-order valence-corrected chi connectivity index (χ1v) is 10.7. The Balaban J connectivity index is 1.36. The minimum atomic E-state index is -4.72. The first kappa shape index (κ1) is 23.6. The van der Waals surface area contributed by atoms with Gasteiger partial charge < -0.3 is 15.0 Å². The first-order valence-electron chi connectivity index (χ1n) is 10.7. The van der Waals surface area contributed by atoms with Gasteiger partial charge in [0.25, 0.3) is 5.91 Å². The number of carbonyl (C=O) groups excluding carboxylic acids is 2. The van der Waals surface area contributed by atoms with Crippen LogP contribution in [0.2, 0.25) is 0 Å². The lowest BCUT2D eigenvalue weighted by Gasteiger charge is -2.32. The zero-order chi connectivity index (χ0) is 23.1. The summed E-state index contributed by atoms with van der Waals surface area (Å²) in [7, 11) is 0. The van der Waals surface area contributed by atoms with Crippen molar-refractivity contribution in [1.82, 2.24) is 10.2 Å². The molecule has 1 N–H and O–H groups in total. The van der Waals surface area contributed by atoms with Crippen molar-refractivity contribution in [2.24, 2.45) is 5.92 Å². The van der Waals surface area contributed by atoms with E-state index < -0.39 is 6.36 Å². The molecule has 0 radical (unpaired) electrons. The largest absolute Gasteiger partial charge is 0.573 e. The van der Waals surface area contributed by atoms with Crippen LogP contribution in [0.3, 0.4) is 0 Å². The maximum Gasteiger partial charge on any atom is 0.573 e. The number of hydrogen-bond acceptors (Lipinski definition) is 3. The van der Waals surface area contributed by atoms with E-state index in [1.54, 1.807) is 0 Å². The molecule has 1 saturated heterocycles. The highest BCUT2D eigenvalue weighted by molar-refractivity contribution is 5.95. The molecule has 1 fully saturated rings. The van der Waals surface area contributed by atoms with Crippen molar-refractivity contribution in [2.45, 2.75) is 45.5 Å². The lowest BCUT2D eigenvalue weighted by Crippen LogP contribution is -2.39. The normalized spacial score (nSPS) is 14.8. The number of alkyl halides is 3. The number of amides is 2. The third kappa shape index (κ3) is 7.00. The van der Waals surface area contributed by atoms with E-state index in [0.717, 1.165) is 30.4 Å². The molecule has 0 aliphatic carbocycles. The predicted octanol–water partition coefficient (Wildman–Crippen LogP) is 4.84. The standard InChI is InChI=1S/C24H27F3N2O3/c1-17-4-2-3-5-21(17)23(31)29-14-12-18(13-15-29)8-11-22(30)28-16-19-6-9-20(10-7-19)32-24(25,26)27/h2-7,9-10,18H,8,11-16H2,1H3,(H,28,30). The Hall–Kier alpha value is -3.03. The van der Waals surface area contributed by atoms with Gasteiger partial charge in [0.05, 0.1) is 0 Å². The molecule has 2 aromatic rings. The van der Waals surface area contributed by atoms with Gasteiger partial charge in [0.15, 0.2) is 0 Å². The smallest absolute Gasteiger partial charge is 0.406 e. The van der Waals surface area contributed by atoms with Crippen LogP contribution < -0.4 is 10.1 Å². The van der Waals surface area contributed by atoms with Crippen LogP contribution >= 0.6 is 0 Å². The van der Waals surface area contributed by atoms with E-state index in [4.69, 9.17) is 0 Å². The number of nitrogens with one attached hydrogen (secondary N) is 1. The first-order chi connectivity index (χ1) is 15.2. The number of piperidine rings is 1. The molecule has 1 aliphatic rings. The zero-order valence-corrected chi connectivity index (χ0v) is 18.0. The number of likely N-dealkylation sites (tertiary alicyclic amines) is 1. The molecule has 0 saturated carbocycles. The second-order valence-corrected chi connectivity index (χ2v) is 8.06. The predicted molar refractivity (Wildman–Crippen MR) is 114 cm³/mol. The number of benzene rings is 2. The molecule has 3 rings (SSSR count). The van der Waals surface area contributed by atoms with E-state index in [1.807, 2.05) is 36.1 Å². The summed E-state index contributed by atoms with van der Waals surface area (Å²) < 4.78 is 40.4. The van der Waals surface area contributed by atoms with Crippen LogP contribution in [0.15, 0.2) is 48.5 Å². The molecule has 1 heterocycles. The maximum absolute atomic E-state index is 12.7. The lowest BCUT2D eigenvalue weighted by molar-refractivity contribution is -0.274. The van der Waals surface area contributed by atoms with Crippen LogP contribution in [0.5, 0.6) is 5.75 Å². The van der Waals surface area contributed by atoms with Crippen molar-refractivity contribution >= 4 is 11.8 Å². The van der Waals surface area contributed by atoms with Crippen molar-refractivity contribution < 1.29 is 27.5 Å². The fourth-order valence-corrected chi connectivity index (χ4v) is 3.84. The highest BCUT2D eigenvalue weighted by Crippen LogP contribution is 2.24. The maximum atomic E-state index is 12.7. The summed E-state index contributed by atoms with van der Waals surface area (Å²) in [4.78, 5) is 26.7.